The monoisotopic (exact) mass is 487 g/mol. The van der Waals surface area contributed by atoms with Crippen molar-refractivity contribution < 1.29 is 18.7 Å². The summed E-state index contributed by atoms with van der Waals surface area (Å²) in [5.74, 6) is -0.293. The first-order chi connectivity index (χ1) is 17.4. The summed E-state index contributed by atoms with van der Waals surface area (Å²) in [4.78, 5) is 28.2. The van der Waals surface area contributed by atoms with E-state index in [4.69, 9.17) is 10.5 Å². The molecule has 3 aromatic carbocycles. The van der Waals surface area contributed by atoms with Crippen LogP contribution in [0.3, 0.4) is 0 Å². The van der Waals surface area contributed by atoms with E-state index in [9.17, 15) is 14.0 Å². The quantitative estimate of drug-likeness (QED) is 0.476. The average molecular weight is 488 g/mol. The number of ether oxygens (including phenoxy) is 1. The van der Waals surface area contributed by atoms with E-state index in [0.29, 0.717) is 18.0 Å². The fourth-order valence-corrected chi connectivity index (χ4v) is 5.31. The number of piperidine rings is 2. The van der Waals surface area contributed by atoms with Gasteiger partial charge in [-0.25, -0.2) is 4.39 Å². The maximum absolute atomic E-state index is 14.7. The van der Waals surface area contributed by atoms with Crippen molar-refractivity contribution in [1.82, 2.24) is 0 Å². The third-order valence-corrected chi connectivity index (χ3v) is 7.19. The van der Waals surface area contributed by atoms with Crippen molar-refractivity contribution in [3.63, 3.8) is 0 Å². The van der Waals surface area contributed by atoms with Gasteiger partial charge in [0.1, 0.15) is 11.6 Å². The molecule has 36 heavy (non-hydrogen) atoms. The van der Waals surface area contributed by atoms with Gasteiger partial charge in [-0.3, -0.25) is 9.59 Å². The zero-order chi connectivity index (χ0) is 25.2. The molecule has 2 bridgehead atoms. The summed E-state index contributed by atoms with van der Waals surface area (Å²) in [5, 5.41) is 2.87. The van der Waals surface area contributed by atoms with Crippen LogP contribution in [0.4, 0.5) is 15.8 Å². The van der Waals surface area contributed by atoms with Crippen LogP contribution in [-0.4, -0.2) is 17.9 Å². The molecule has 2 amide bonds. The lowest BCUT2D eigenvalue weighted by molar-refractivity contribution is -0.127. The number of aryl methyl sites for hydroxylation is 1. The molecular formula is C29H30FN3O3. The van der Waals surface area contributed by atoms with Gasteiger partial charge in [0.15, 0.2) is 0 Å². The number of nitrogens with zero attached hydrogens (tertiary/aromatic N) is 1. The van der Waals surface area contributed by atoms with Crippen molar-refractivity contribution in [2.45, 2.75) is 51.3 Å². The fourth-order valence-electron chi connectivity index (χ4n) is 5.31. The zero-order valence-electron chi connectivity index (χ0n) is 20.2. The SMILES string of the molecule is Cc1cc(NC(=O)C(Oc2cccc(CN)c2)c2ccccc2F)ccc1N1C(=O)C2CCC1CC2. The summed E-state index contributed by atoms with van der Waals surface area (Å²) in [7, 11) is 0. The average Bonchev–Trinajstić information content (AvgIpc) is 2.89. The van der Waals surface area contributed by atoms with Gasteiger partial charge in [-0.2, -0.15) is 0 Å². The number of carbonyl (C=O) groups excluding carboxylic acids is 2. The molecule has 3 aliphatic rings. The third-order valence-electron chi connectivity index (χ3n) is 7.19. The first-order valence-electron chi connectivity index (χ1n) is 12.4. The second-order valence-corrected chi connectivity index (χ2v) is 9.58. The normalized spacial score (nSPS) is 19.8. The molecule has 1 aliphatic carbocycles. The highest BCUT2D eigenvalue weighted by molar-refractivity contribution is 5.99. The van der Waals surface area contributed by atoms with E-state index in [1.165, 1.54) is 12.1 Å². The van der Waals surface area contributed by atoms with E-state index in [1.54, 1.807) is 36.4 Å². The minimum Gasteiger partial charge on any atom is -0.476 e. The Bertz CT molecular complexity index is 1290. The lowest BCUT2D eigenvalue weighted by Gasteiger charge is -2.45. The number of hydrogen-bond donors (Lipinski definition) is 2. The molecule has 2 saturated heterocycles. The second-order valence-electron chi connectivity index (χ2n) is 9.58. The second kappa shape index (κ2) is 10.1. The summed E-state index contributed by atoms with van der Waals surface area (Å²) < 4.78 is 20.7. The number of fused-ring (bicyclic) bond motifs is 3. The smallest absolute Gasteiger partial charge is 0.270 e. The first kappa shape index (κ1) is 24.0. The molecule has 1 unspecified atom stereocenters. The van der Waals surface area contributed by atoms with Gasteiger partial charge in [-0.15, -0.1) is 0 Å². The summed E-state index contributed by atoms with van der Waals surface area (Å²) in [6.45, 7) is 2.25. The summed E-state index contributed by atoms with van der Waals surface area (Å²) in [6.07, 6.45) is 2.79. The third kappa shape index (κ3) is 4.71. The maximum atomic E-state index is 14.7. The van der Waals surface area contributed by atoms with Crippen LogP contribution in [0.1, 0.15) is 48.5 Å². The Morgan fingerprint density at radius 3 is 2.56 bits per heavy atom. The number of halogens is 1. The van der Waals surface area contributed by atoms with Crippen molar-refractivity contribution in [2.75, 3.05) is 10.2 Å². The van der Waals surface area contributed by atoms with Crippen molar-refractivity contribution in [3.05, 3.63) is 89.2 Å². The van der Waals surface area contributed by atoms with Crippen LogP contribution in [0.5, 0.6) is 5.75 Å². The van der Waals surface area contributed by atoms with Crippen LogP contribution < -0.4 is 20.7 Å². The topological polar surface area (TPSA) is 84.7 Å². The van der Waals surface area contributed by atoms with Crippen molar-refractivity contribution >= 4 is 23.2 Å². The van der Waals surface area contributed by atoms with Gasteiger partial charge in [-0.05, 0) is 80.1 Å². The van der Waals surface area contributed by atoms with E-state index in [0.717, 1.165) is 42.5 Å². The van der Waals surface area contributed by atoms with Crippen LogP contribution in [0.15, 0.2) is 66.7 Å². The number of rotatable bonds is 7. The molecule has 1 saturated carbocycles. The molecule has 6 rings (SSSR count). The Kier molecular flexibility index (Phi) is 6.74. The van der Waals surface area contributed by atoms with E-state index in [2.05, 4.69) is 5.32 Å². The molecule has 7 heteroatoms. The highest BCUT2D eigenvalue weighted by atomic mass is 19.1. The molecule has 2 heterocycles. The molecule has 3 fully saturated rings. The Hall–Kier alpha value is -3.71. The predicted octanol–water partition coefficient (Wildman–Crippen LogP) is 5.26. The molecule has 3 aromatic rings. The van der Waals surface area contributed by atoms with Gasteiger partial charge >= 0.3 is 0 Å². The predicted molar refractivity (Wildman–Crippen MR) is 137 cm³/mol. The van der Waals surface area contributed by atoms with Gasteiger partial charge < -0.3 is 20.7 Å². The number of anilines is 2. The largest absolute Gasteiger partial charge is 0.476 e. The number of hydrogen-bond acceptors (Lipinski definition) is 4. The fraction of sp³-hybridized carbons (Fsp3) is 0.310. The van der Waals surface area contributed by atoms with Gasteiger partial charge in [0.05, 0.1) is 0 Å². The number of carbonyl (C=O) groups is 2. The van der Waals surface area contributed by atoms with E-state index in [1.807, 2.05) is 30.0 Å². The maximum Gasteiger partial charge on any atom is 0.270 e. The minimum absolute atomic E-state index is 0.116. The Morgan fingerprint density at radius 2 is 1.86 bits per heavy atom. The molecule has 3 N–H and O–H groups in total. The zero-order valence-corrected chi connectivity index (χ0v) is 20.2. The molecule has 186 valence electrons. The van der Waals surface area contributed by atoms with Crippen LogP contribution >= 0.6 is 0 Å². The molecule has 0 aromatic heterocycles. The number of nitrogens with two attached hydrogens (primary N) is 1. The van der Waals surface area contributed by atoms with E-state index < -0.39 is 17.8 Å². The Labute approximate surface area is 210 Å². The molecule has 6 nitrogen and oxygen atoms in total. The molecule has 1 atom stereocenters. The van der Waals surface area contributed by atoms with Crippen molar-refractivity contribution in [2.24, 2.45) is 11.7 Å². The summed E-state index contributed by atoms with van der Waals surface area (Å²) >= 11 is 0. The van der Waals surface area contributed by atoms with Gasteiger partial charge in [0, 0.05) is 35.4 Å². The van der Waals surface area contributed by atoms with E-state index >= 15 is 0 Å². The van der Waals surface area contributed by atoms with Crippen molar-refractivity contribution in [1.29, 1.82) is 0 Å². The van der Waals surface area contributed by atoms with Crippen molar-refractivity contribution in [3.8, 4) is 5.75 Å². The lowest BCUT2D eigenvalue weighted by Crippen LogP contribution is -2.52. The standard InChI is InChI=1S/C29H30FN3O3/c1-18-15-21(11-14-26(18)33-22-12-9-20(10-13-22)29(33)35)32-28(34)27(24-7-2-3-8-25(24)30)36-23-6-4-5-19(16-23)17-31/h2-8,11,14-16,20,22,27H,9-10,12-13,17,31H2,1H3,(H,32,34). The number of amides is 2. The van der Waals surface area contributed by atoms with Crippen LogP contribution in [0.2, 0.25) is 0 Å². The van der Waals surface area contributed by atoms with E-state index in [-0.39, 0.29) is 23.4 Å². The van der Waals surface area contributed by atoms with Crippen LogP contribution in [0, 0.1) is 18.7 Å². The van der Waals surface area contributed by atoms with Gasteiger partial charge in [-0.1, -0.05) is 30.3 Å². The summed E-state index contributed by atoms with van der Waals surface area (Å²) in [6, 6.07) is 18.9. The first-order valence-corrected chi connectivity index (χ1v) is 12.4. The van der Waals surface area contributed by atoms with Gasteiger partial charge in [0.2, 0.25) is 12.0 Å². The highest BCUT2D eigenvalue weighted by Gasteiger charge is 2.41. The lowest BCUT2D eigenvalue weighted by atomic mass is 9.79. The molecule has 2 aliphatic heterocycles. The van der Waals surface area contributed by atoms with Crippen LogP contribution in [0.25, 0.3) is 0 Å². The Balaban J connectivity index is 1.39. The molecule has 0 spiro atoms. The Morgan fingerprint density at radius 1 is 1.08 bits per heavy atom. The minimum atomic E-state index is -1.21. The number of benzene rings is 3. The molecular weight excluding hydrogens is 457 g/mol. The summed E-state index contributed by atoms with van der Waals surface area (Å²) in [5.41, 5.74) is 9.04. The molecule has 0 radical (unpaired) electrons. The number of nitrogens with one attached hydrogen (secondary N) is 1. The highest BCUT2D eigenvalue weighted by Crippen LogP contribution is 2.40. The van der Waals surface area contributed by atoms with Crippen LogP contribution in [-0.2, 0) is 16.1 Å². The van der Waals surface area contributed by atoms with Gasteiger partial charge in [0.25, 0.3) is 5.91 Å².